The van der Waals surface area contributed by atoms with E-state index in [1.807, 2.05) is 19.9 Å². The second-order valence-corrected chi connectivity index (χ2v) is 7.22. The van der Waals surface area contributed by atoms with Crippen LogP contribution in [0.1, 0.15) is 46.5 Å². The number of rotatable bonds is 8. The molecule has 30 heavy (non-hydrogen) atoms. The third kappa shape index (κ3) is 4.56. The summed E-state index contributed by atoms with van der Waals surface area (Å²) in [6, 6.07) is 14.3. The minimum atomic E-state index is -1.17. The maximum absolute atomic E-state index is 12.9. The first kappa shape index (κ1) is 21.2. The second-order valence-electron chi connectivity index (χ2n) is 7.22. The highest BCUT2D eigenvalue weighted by Gasteiger charge is 2.43. The topological polar surface area (TPSA) is 92.8 Å². The Labute approximate surface area is 175 Å². The van der Waals surface area contributed by atoms with Gasteiger partial charge >= 0.3 is 5.97 Å². The number of nitrogens with one attached hydrogen (secondary N) is 1. The Morgan fingerprint density at radius 3 is 2.10 bits per heavy atom. The average molecular weight is 408 g/mol. The SMILES string of the molecule is CC[C@H](C)NC(=O)COC(=O)[C@H](Cc1ccccc1)N1C(=O)c2ccccc2C1=O. The molecule has 0 fully saturated rings. The normalized spacial score (nSPS) is 14.8. The molecule has 7 heteroatoms. The van der Waals surface area contributed by atoms with Crippen LogP contribution in [0.3, 0.4) is 0 Å². The number of fused-ring (bicyclic) bond motifs is 1. The zero-order valence-corrected chi connectivity index (χ0v) is 17.0. The fraction of sp³-hybridized carbons (Fsp3) is 0.304. The summed E-state index contributed by atoms with van der Waals surface area (Å²) in [6.07, 6.45) is 0.837. The number of carbonyl (C=O) groups excluding carboxylic acids is 4. The third-order valence-electron chi connectivity index (χ3n) is 5.05. The van der Waals surface area contributed by atoms with Crippen LogP contribution < -0.4 is 5.32 Å². The van der Waals surface area contributed by atoms with Gasteiger partial charge in [-0.15, -0.1) is 0 Å². The van der Waals surface area contributed by atoms with E-state index in [0.29, 0.717) is 0 Å². The second kappa shape index (κ2) is 9.35. The number of ether oxygens (including phenoxy) is 1. The molecule has 0 aromatic heterocycles. The number of imide groups is 1. The zero-order valence-electron chi connectivity index (χ0n) is 17.0. The molecule has 0 saturated heterocycles. The third-order valence-corrected chi connectivity index (χ3v) is 5.05. The Kier molecular flexibility index (Phi) is 6.61. The lowest BCUT2D eigenvalue weighted by atomic mass is 10.0. The van der Waals surface area contributed by atoms with Gasteiger partial charge in [0.1, 0.15) is 6.04 Å². The Balaban J connectivity index is 1.81. The summed E-state index contributed by atoms with van der Waals surface area (Å²) in [7, 11) is 0. The first-order valence-corrected chi connectivity index (χ1v) is 9.89. The van der Waals surface area contributed by atoms with Gasteiger partial charge in [0.25, 0.3) is 17.7 Å². The van der Waals surface area contributed by atoms with E-state index in [-0.39, 0.29) is 23.6 Å². The van der Waals surface area contributed by atoms with Gasteiger partial charge in [-0.1, -0.05) is 49.4 Å². The summed E-state index contributed by atoms with van der Waals surface area (Å²) in [5.41, 5.74) is 1.27. The van der Waals surface area contributed by atoms with Crippen molar-refractivity contribution in [3.05, 3.63) is 71.3 Å². The van der Waals surface area contributed by atoms with Crippen LogP contribution in [0.4, 0.5) is 0 Å². The molecule has 0 spiro atoms. The number of amides is 3. The lowest BCUT2D eigenvalue weighted by Crippen LogP contribution is -2.47. The van der Waals surface area contributed by atoms with Crippen LogP contribution in [0.5, 0.6) is 0 Å². The van der Waals surface area contributed by atoms with Gasteiger partial charge in [-0.2, -0.15) is 0 Å². The lowest BCUT2D eigenvalue weighted by molar-refractivity contribution is -0.152. The fourth-order valence-electron chi connectivity index (χ4n) is 3.26. The van der Waals surface area contributed by atoms with Gasteiger partial charge in [0, 0.05) is 12.5 Å². The molecule has 2 atom stereocenters. The van der Waals surface area contributed by atoms with Gasteiger partial charge in [0.05, 0.1) is 11.1 Å². The molecule has 1 heterocycles. The number of hydrogen-bond acceptors (Lipinski definition) is 5. The minimum absolute atomic E-state index is 0.0486. The maximum atomic E-state index is 12.9. The highest BCUT2D eigenvalue weighted by Crippen LogP contribution is 2.26. The molecule has 1 aliphatic rings. The van der Waals surface area contributed by atoms with Gasteiger partial charge < -0.3 is 10.1 Å². The Morgan fingerprint density at radius 1 is 0.967 bits per heavy atom. The summed E-state index contributed by atoms with van der Waals surface area (Å²) in [5, 5.41) is 2.71. The summed E-state index contributed by atoms with van der Waals surface area (Å²) < 4.78 is 5.19. The Morgan fingerprint density at radius 2 is 1.53 bits per heavy atom. The van der Waals surface area contributed by atoms with Crippen molar-refractivity contribution in [2.45, 2.75) is 38.8 Å². The Hall–Kier alpha value is -3.48. The van der Waals surface area contributed by atoms with Crippen LogP contribution in [0, 0.1) is 0 Å². The van der Waals surface area contributed by atoms with Crippen molar-refractivity contribution in [3.8, 4) is 0 Å². The molecular weight excluding hydrogens is 384 g/mol. The molecule has 156 valence electrons. The molecule has 3 rings (SSSR count). The maximum Gasteiger partial charge on any atom is 0.330 e. The first-order valence-electron chi connectivity index (χ1n) is 9.89. The summed E-state index contributed by atoms with van der Waals surface area (Å²) in [4.78, 5) is 51.6. The number of carbonyl (C=O) groups is 4. The largest absolute Gasteiger partial charge is 0.454 e. The smallest absolute Gasteiger partial charge is 0.330 e. The molecule has 3 amide bonds. The fourth-order valence-corrected chi connectivity index (χ4v) is 3.26. The van der Waals surface area contributed by atoms with Gasteiger partial charge in [0.2, 0.25) is 0 Å². The molecule has 0 saturated carbocycles. The molecule has 7 nitrogen and oxygen atoms in total. The summed E-state index contributed by atoms with van der Waals surface area (Å²) >= 11 is 0. The minimum Gasteiger partial charge on any atom is -0.454 e. The van der Waals surface area contributed by atoms with Crippen LogP contribution in [0.25, 0.3) is 0 Å². The molecule has 0 radical (unpaired) electrons. The molecular formula is C23H24N2O5. The number of esters is 1. The van der Waals surface area contributed by atoms with Gasteiger partial charge in [-0.3, -0.25) is 19.3 Å². The van der Waals surface area contributed by atoms with E-state index in [1.54, 1.807) is 48.5 Å². The van der Waals surface area contributed by atoms with Crippen molar-refractivity contribution >= 4 is 23.7 Å². The van der Waals surface area contributed by atoms with Crippen molar-refractivity contribution in [1.82, 2.24) is 10.2 Å². The van der Waals surface area contributed by atoms with E-state index in [2.05, 4.69) is 5.32 Å². The van der Waals surface area contributed by atoms with Crippen molar-refractivity contribution in [2.75, 3.05) is 6.61 Å². The molecule has 0 aliphatic carbocycles. The van der Waals surface area contributed by atoms with E-state index in [9.17, 15) is 19.2 Å². The molecule has 0 unspecified atom stereocenters. The quantitative estimate of drug-likeness (QED) is 0.535. The number of nitrogens with zero attached hydrogens (tertiary/aromatic N) is 1. The molecule has 2 aromatic carbocycles. The van der Waals surface area contributed by atoms with E-state index in [0.717, 1.165) is 16.9 Å². The number of hydrogen-bond donors (Lipinski definition) is 1. The van der Waals surface area contributed by atoms with E-state index in [1.165, 1.54) is 0 Å². The van der Waals surface area contributed by atoms with E-state index in [4.69, 9.17) is 4.74 Å². The summed E-state index contributed by atoms with van der Waals surface area (Å²) in [5.74, 6) is -2.32. The Bertz CT molecular complexity index is 922. The monoisotopic (exact) mass is 408 g/mol. The molecule has 2 aromatic rings. The molecule has 0 bridgehead atoms. The average Bonchev–Trinajstić information content (AvgIpc) is 3.01. The lowest BCUT2D eigenvalue weighted by Gasteiger charge is -2.24. The van der Waals surface area contributed by atoms with Gasteiger partial charge in [-0.05, 0) is 31.0 Å². The van der Waals surface area contributed by atoms with Crippen LogP contribution in [-0.2, 0) is 20.7 Å². The number of benzene rings is 2. The van der Waals surface area contributed by atoms with Gasteiger partial charge in [0.15, 0.2) is 6.61 Å². The first-order chi connectivity index (χ1) is 14.4. The molecule has 1 N–H and O–H groups in total. The van der Waals surface area contributed by atoms with E-state index < -0.39 is 36.3 Å². The standard InChI is InChI=1S/C23H24N2O5/c1-3-15(2)24-20(26)14-30-23(29)19(13-16-9-5-4-6-10-16)25-21(27)17-11-7-8-12-18(17)22(25)28/h4-12,15,19H,3,13-14H2,1-2H3,(H,24,26)/t15-,19-/m0/s1. The van der Waals surface area contributed by atoms with Crippen LogP contribution >= 0.6 is 0 Å². The predicted octanol–water partition coefficient (Wildman–Crippen LogP) is 2.35. The van der Waals surface area contributed by atoms with Crippen molar-refractivity contribution in [2.24, 2.45) is 0 Å². The molecule has 1 aliphatic heterocycles. The highest BCUT2D eigenvalue weighted by molar-refractivity contribution is 6.22. The van der Waals surface area contributed by atoms with E-state index >= 15 is 0 Å². The van der Waals surface area contributed by atoms with Crippen LogP contribution in [0.15, 0.2) is 54.6 Å². The van der Waals surface area contributed by atoms with Crippen molar-refractivity contribution in [3.63, 3.8) is 0 Å². The van der Waals surface area contributed by atoms with Crippen LogP contribution in [-0.4, -0.2) is 47.3 Å². The van der Waals surface area contributed by atoms with Gasteiger partial charge in [-0.25, -0.2) is 4.79 Å². The summed E-state index contributed by atoms with van der Waals surface area (Å²) in [6.45, 7) is 3.30. The van der Waals surface area contributed by atoms with Crippen molar-refractivity contribution < 1.29 is 23.9 Å². The zero-order chi connectivity index (χ0) is 21.7. The predicted molar refractivity (Wildman–Crippen MR) is 110 cm³/mol. The van der Waals surface area contributed by atoms with Crippen molar-refractivity contribution in [1.29, 1.82) is 0 Å². The highest BCUT2D eigenvalue weighted by atomic mass is 16.5. The van der Waals surface area contributed by atoms with Crippen LogP contribution in [0.2, 0.25) is 0 Å².